The number of nitrogens with one attached hydrogen (secondary N) is 1. The molecular formula is C25H45N3O. The predicted molar refractivity (Wildman–Crippen MR) is 122 cm³/mol. The Morgan fingerprint density at radius 1 is 1.00 bits per heavy atom. The lowest BCUT2D eigenvalue weighted by Gasteiger charge is -2.41. The zero-order chi connectivity index (χ0) is 22.3. The Bertz CT molecular complexity index is 692. The van der Waals surface area contributed by atoms with Crippen LogP contribution in [0.25, 0.3) is 0 Å². The van der Waals surface area contributed by atoms with E-state index in [9.17, 15) is 4.79 Å². The van der Waals surface area contributed by atoms with Gasteiger partial charge in [-0.1, -0.05) is 69.2 Å². The van der Waals surface area contributed by atoms with Crippen LogP contribution in [0.15, 0.2) is 6.07 Å². The number of nitrogens with zero attached hydrogens (tertiary/aromatic N) is 2. The highest BCUT2D eigenvalue weighted by molar-refractivity contribution is 5.82. The summed E-state index contributed by atoms with van der Waals surface area (Å²) in [4.78, 5) is 15.4. The van der Waals surface area contributed by atoms with Crippen molar-refractivity contribution >= 4 is 5.91 Å². The second-order valence-electron chi connectivity index (χ2n) is 12.6. The van der Waals surface area contributed by atoms with Crippen molar-refractivity contribution in [2.24, 2.45) is 16.7 Å². The Morgan fingerprint density at radius 3 is 2.00 bits per heavy atom. The molecule has 0 radical (unpaired) electrons. The molecule has 0 spiro atoms. The van der Waals surface area contributed by atoms with E-state index in [1.165, 1.54) is 0 Å². The number of aromatic nitrogens is 2. The van der Waals surface area contributed by atoms with Gasteiger partial charge < -0.3 is 4.90 Å². The number of aromatic amines is 1. The van der Waals surface area contributed by atoms with Crippen LogP contribution in [0.5, 0.6) is 0 Å². The van der Waals surface area contributed by atoms with E-state index in [1.54, 1.807) is 0 Å². The van der Waals surface area contributed by atoms with Crippen molar-refractivity contribution in [3.05, 3.63) is 17.5 Å². The minimum atomic E-state index is -0.335. The highest BCUT2D eigenvalue weighted by Crippen LogP contribution is 2.38. The van der Waals surface area contributed by atoms with Gasteiger partial charge in [0.25, 0.3) is 0 Å². The summed E-state index contributed by atoms with van der Waals surface area (Å²) >= 11 is 0. The summed E-state index contributed by atoms with van der Waals surface area (Å²) in [6, 6.07) is 2.20. The van der Waals surface area contributed by atoms with Gasteiger partial charge in [0.2, 0.25) is 5.91 Å². The van der Waals surface area contributed by atoms with E-state index in [0.717, 1.165) is 50.2 Å². The molecule has 1 saturated heterocycles. The number of H-pyrrole nitrogens is 1. The summed E-state index contributed by atoms with van der Waals surface area (Å²) in [6.45, 7) is 24.1. The van der Waals surface area contributed by atoms with Crippen LogP contribution in [-0.2, 0) is 15.6 Å². The fraction of sp³-hybridized carbons (Fsp3) is 0.840. The summed E-state index contributed by atoms with van der Waals surface area (Å²) in [7, 11) is 0. The molecule has 1 aliphatic heterocycles. The molecule has 0 bridgehead atoms. The van der Waals surface area contributed by atoms with Crippen molar-refractivity contribution in [1.82, 2.24) is 15.1 Å². The Balaban J connectivity index is 1.98. The van der Waals surface area contributed by atoms with Gasteiger partial charge >= 0.3 is 0 Å². The number of amides is 1. The van der Waals surface area contributed by atoms with E-state index in [-0.39, 0.29) is 16.2 Å². The lowest BCUT2D eigenvalue weighted by molar-refractivity contribution is -0.143. The number of carbonyl (C=O) groups excluding carboxylic acids is 1. The molecule has 0 aromatic carbocycles. The van der Waals surface area contributed by atoms with Crippen LogP contribution >= 0.6 is 0 Å². The van der Waals surface area contributed by atoms with Crippen molar-refractivity contribution in [2.45, 2.75) is 106 Å². The highest BCUT2D eigenvalue weighted by Gasteiger charge is 2.38. The van der Waals surface area contributed by atoms with E-state index in [4.69, 9.17) is 0 Å². The fourth-order valence-corrected chi connectivity index (χ4v) is 4.30. The number of likely N-dealkylation sites (tertiary alicyclic amines) is 1. The maximum atomic E-state index is 13.3. The molecule has 0 aliphatic carbocycles. The first-order chi connectivity index (χ1) is 13.0. The van der Waals surface area contributed by atoms with Gasteiger partial charge in [-0.05, 0) is 43.1 Å². The molecular weight excluding hydrogens is 358 g/mol. The summed E-state index contributed by atoms with van der Waals surface area (Å²) in [5.74, 6) is 1.03. The molecule has 2 heterocycles. The summed E-state index contributed by atoms with van der Waals surface area (Å²) in [5, 5.41) is 7.79. The Labute approximate surface area is 179 Å². The minimum Gasteiger partial charge on any atom is -0.342 e. The second kappa shape index (κ2) is 8.07. The molecule has 1 aliphatic rings. The molecule has 29 heavy (non-hydrogen) atoms. The SMILES string of the molecule is CC(C)(CCC(C)(C)c1cc(C(C)(C)C)n[nH]1)C(=O)N1CCC(C(C)(C)C)CC1. The molecule has 0 atom stereocenters. The number of carbonyl (C=O) groups is 1. The van der Waals surface area contributed by atoms with Crippen LogP contribution < -0.4 is 0 Å². The smallest absolute Gasteiger partial charge is 0.228 e. The van der Waals surface area contributed by atoms with Gasteiger partial charge in [-0.25, -0.2) is 0 Å². The summed E-state index contributed by atoms with van der Waals surface area (Å²) in [5.41, 5.74) is 2.27. The third kappa shape index (κ3) is 5.86. The molecule has 4 nitrogen and oxygen atoms in total. The second-order valence-corrected chi connectivity index (χ2v) is 12.6. The predicted octanol–water partition coefficient (Wildman–Crippen LogP) is 6.08. The molecule has 2 rings (SSSR count). The topological polar surface area (TPSA) is 49.0 Å². The van der Waals surface area contributed by atoms with E-state index in [0.29, 0.717) is 17.2 Å². The number of hydrogen-bond acceptors (Lipinski definition) is 2. The molecule has 1 N–H and O–H groups in total. The van der Waals surface area contributed by atoms with E-state index in [2.05, 4.69) is 90.4 Å². The van der Waals surface area contributed by atoms with Crippen molar-refractivity contribution < 1.29 is 4.79 Å². The van der Waals surface area contributed by atoms with Gasteiger partial charge in [-0.2, -0.15) is 5.10 Å². The maximum Gasteiger partial charge on any atom is 0.228 e. The molecule has 4 heteroatoms. The quantitative estimate of drug-likeness (QED) is 0.648. The first-order valence-electron chi connectivity index (χ1n) is 11.4. The average Bonchev–Trinajstić information content (AvgIpc) is 3.10. The Kier molecular flexibility index (Phi) is 6.67. The van der Waals surface area contributed by atoms with Gasteiger partial charge in [0.1, 0.15) is 0 Å². The first-order valence-corrected chi connectivity index (χ1v) is 11.4. The van der Waals surface area contributed by atoms with Crippen molar-refractivity contribution in [2.75, 3.05) is 13.1 Å². The number of rotatable bonds is 5. The van der Waals surface area contributed by atoms with Crippen LogP contribution in [0.4, 0.5) is 0 Å². The lowest BCUT2D eigenvalue weighted by atomic mass is 9.74. The van der Waals surface area contributed by atoms with Gasteiger partial charge in [0.05, 0.1) is 5.69 Å². The lowest BCUT2D eigenvalue weighted by Crippen LogP contribution is -2.47. The standard InChI is InChI=1S/C25H45N3O/c1-22(2,3)18-11-15-28(16-12-18)21(29)25(9,10)14-13-24(7,8)20-17-19(26-27-20)23(4,5)6/h17-18H,11-16H2,1-10H3,(H,26,27). The maximum absolute atomic E-state index is 13.3. The Hall–Kier alpha value is -1.32. The third-order valence-electron chi connectivity index (χ3n) is 7.04. The number of piperidine rings is 1. The molecule has 1 fully saturated rings. The van der Waals surface area contributed by atoms with Crippen LogP contribution in [0.3, 0.4) is 0 Å². The van der Waals surface area contributed by atoms with Gasteiger partial charge in [0.15, 0.2) is 0 Å². The van der Waals surface area contributed by atoms with Crippen LogP contribution in [-0.4, -0.2) is 34.1 Å². The normalized spacial score (nSPS) is 17.7. The average molecular weight is 404 g/mol. The van der Waals surface area contributed by atoms with Crippen LogP contribution in [0.2, 0.25) is 0 Å². The zero-order valence-electron chi connectivity index (χ0n) is 20.7. The third-order valence-corrected chi connectivity index (χ3v) is 7.04. The van der Waals surface area contributed by atoms with Crippen molar-refractivity contribution in [3.63, 3.8) is 0 Å². The fourth-order valence-electron chi connectivity index (χ4n) is 4.30. The monoisotopic (exact) mass is 403 g/mol. The Morgan fingerprint density at radius 2 is 1.55 bits per heavy atom. The van der Waals surface area contributed by atoms with E-state index >= 15 is 0 Å². The molecule has 1 amide bonds. The summed E-state index contributed by atoms with van der Waals surface area (Å²) in [6.07, 6.45) is 4.08. The molecule has 1 aromatic rings. The molecule has 0 saturated carbocycles. The van der Waals surface area contributed by atoms with Crippen LogP contribution in [0.1, 0.15) is 106 Å². The van der Waals surface area contributed by atoms with Crippen LogP contribution in [0, 0.1) is 16.7 Å². The van der Waals surface area contributed by atoms with E-state index in [1.807, 2.05) is 0 Å². The largest absolute Gasteiger partial charge is 0.342 e. The van der Waals surface area contributed by atoms with E-state index < -0.39 is 0 Å². The molecule has 0 unspecified atom stereocenters. The van der Waals surface area contributed by atoms with Crippen molar-refractivity contribution in [3.8, 4) is 0 Å². The summed E-state index contributed by atoms with van der Waals surface area (Å²) < 4.78 is 0. The van der Waals surface area contributed by atoms with Gasteiger partial charge in [0, 0.05) is 35.0 Å². The van der Waals surface area contributed by atoms with Gasteiger partial charge in [-0.15, -0.1) is 0 Å². The van der Waals surface area contributed by atoms with Crippen molar-refractivity contribution in [1.29, 1.82) is 0 Å². The minimum absolute atomic E-state index is 0.0344. The number of hydrogen-bond donors (Lipinski definition) is 1. The molecule has 1 aromatic heterocycles. The first kappa shape index (κ1) is 24.0. The van der Waals surface area contributed by atoms with Gasteiger partial charge in [-0.3, -0.25) is 9.89 Å². The zero-order valence-corrected chi connectivity index (χ0v) is 20.7. The highest BCUT2D eigenvalue weighted by atomic mass is 16.2. The molecule has 166 valence electrons.